The van der Waals surface area contributed by atoms with Gasteiger partial charge in [0.1, 0.15) is 0 Å². The normalized spacial score (nSPS) is 11.5. The summed E-state index contributed by atoms with van der Waals surface area (Å²) in [5, 5.41) is 7.28. The summed E-state index contributed by atoms with van der Waals surface area (Å²) in [6.45, 7) is 4.09. The van der Waals surface area contributed by atoms with Gasteiger partial charge in [0.05, 0.1) is 11.4 Å². The highest BCUT2D eigenvalue weighted by molar-refractivity contribution is 7.14. The van der Waals surface area contributed by atoms with Crippen molar-refractivity contribution in [3.8, 4) is 11.3 Å². The quantitative estimate of drug-likeness (QED) is 0.546. The van der Waals surface area contributed by atoms with Gasteiger partial charge in [-0.2, -0.15) is 5.10 Å². The van der Waals surface area contributed by atoms with Gasteiger partial charge < -0.3 is 0 Å². The van der Waals surface area contributed by atoms with Crippen LogP contribution in [-0.4, -0.2) is 10.7 Å². The van der Waals surface area contributed by atoms with Gasteiger partial charge >= 0.3 is 0 Å². The Kier molecular flexibility index (Phi) is 4.30. The number of hydrogen-bond donors (Lipinski definition) is 1. The van der Waals surface area contributed by atoms with Crippen LogP contribution in [0.25, 0.3) is 11.3 Å². The average molecular weight is 307 g/mol. The molecule has 0 aliphatic heterocycles. The van der Waals surface area contributed by atoms with Gasteiger partial charge in [-0.05, 0) is 19.4 Å². The molecule has 0 bridgehead atoms. The number of rotatable bonds is 4. The number of anilines is 1. The smallest absolute Gasteiger partial charge is 0.203 e. The van der Waals surface area contributed by atoms with Crippen LogP contribution in [0, 0.1) is 6.92 Å². The topological polar surface area (TPSA) is 37.3 Å². The van der Waals surface area contributed by atoms with Crippen molar-refractivity contribution in [1.82, 2.24) is 4.98 Å². The molecule has 0 aliphatic rings. The van der Waals surface area contributed by atoms with Crippen molar-refractivity contribution < 1.29 is 0 Å². The number of nitrogens with one attached hydrogen (secondary N) is 1. The van der Waals surface area contributed by atoms with E-state index < -0.39 is 0 Å². The minimum Gasteiger partial charge on any atom is -0.252 e. The zero-order valence-electron chi connectivity index (χ0n) is 12.6. The van der Waals surface area contributed by atoms with Crippen LogP contribution in [0.4, 0.5) is 5.13 Å². The third-order valence-electron chi connectivity index (χ3n) is 3.43. The maximum atomic E-state index is 4.57. The van der Waals surface area contributed by atoms with Crippen LogP contribution in [0.2, 0.25) is 0 Å². The molecule has 4 heteroatoms. The molecule has 110 valence electrons. The van der Waals surface area contributed by atoms with E-state index in [-0.39, 0.29) is 0 Å². The SMILES string of the molecule is C/C(=N/Nc1nc(-c2ccccc2)cs1)c1ccccc1C. The van der Waals surface area contributed by atoms with E-state index in [1.165, 1.54) is 5.56 Å². The van der Waals surface area contributed by atoms with Crippen LogP contribution in [0.1, 0.15) is 18.1 Å². The molecule has 1 N–H and O–H groups in total. The predicted molar refractivity (Wildman–Crippen MR) is 94.6 cm³/mol. The number of aryl methyl sites for hydroxylation is 1. The van der Waals surface area contributed by atoms with Crippen molar-refractivity contribution in [3.05, 3.63) is 71.1 Å². The summed E-state index contributed by atoms with van der Waals surface area (Å²) in [4.78, 5) is 4.57. The van der Waals surface area contributed by atoms with Crippen molar-refractivity contribution in [2.45, 2.75) is 13.8 Å². The zero-order chi connectivity index (χ0) is 15.4. The lowest BCUT2D eigenvalue weighted by Gasteiger charge is -2.04. The molecule has 1 aromatic heterocycles. The fourth-order valence-electron chi connectivity index (χ4n) is 2.24. The Hall–Kier alpha value is -2.46. The summed E-state index contributed by atoms with van der Waals surface area (Å²) in [5.74, 6) is 0. The van der Waals surface area contributed by atoms with Gasteiger partial charge in [-0.25, -0.2) is 4.98 Å². The van der Waals surface area contributed by atoms with Gasteiger partial charge in [-0.15, -0.1) is 11.3 Å². The van der Waals surface area contributed by atoms with E-state index in [0.29, 0.717) is 0 Å². The van der Waals surface area contributed by atoms with Gasteiger partial charge in [0, 0.05) is 16.5 Å². The second kappa shape index (κ2) is 6.54. The van der Waals surface area contributed by atoms with Gasteiger partial charge in [0.15, 0.2) is 0 Å². The van der Waals surface area contributed by atoms with Crippen LogP contribution in [0.3, 0.4) is 0 Å². The van der Waals surface area contributed by atoms with Crippen LogP contribution in [-0.2, 0) is 0 Å². The molecule has 3 rings (SSSR count). The third kappa shape index (κ3) is 3.23. The van der Waals surface area contributed by atoms with Crippen LogP contribution in [0.5, 0.6) is 0 Å². The molecule has 0 saturated carbocycles. The predicted octanol–water partition coefficient (Wildman–Crippen LogP) is 4.95. The molecule has 3 nitrogen and oxygen atoms in total. The molecular weight excluding hydrogens is 290 g/mol. The molecule has 0 fully saturated rings. The molecule has 2 aromatic carbocycles. The minimum absolute atomic E-state index is 0.798. The summed E-state index contributed by atoms with van der Waals surface area (Å²) < 4.78 is 0. The number of nitrogens with zero attached hydrogens (tertiary/aromatic N) is 2. The number of hydrazone groups is 1. The molecule has 0 aliphatic carbocycles. The van der Waals surface area contributed by atoms with Crippen molar-refractivity contribution in [3.63, 3.8) is 0 Å². The first kappa shape index (κ1) is 14.5. The van der Waals surface area contributed by atoms with E-state index >= 15 is 0 Å². The average Bonchev–Trinajstić information content (AvgIpc) is 3.03. The fraction of sp³-hybridized carbons (Fsp3) is 0.111. The highest BCUT2D eigenvalue weighted by atomic mass is 32.1. The first-order chi connectivity index (χ1) is 10.7. The number of aromatic nitrogens is 1. The van der Waals surface area contributed by atoms with E-state index in [1.54, 1.807) is 11.3 Å². The van der Waals surface area contributed by atoms with Crippen molar-refractivity contribution in [2.75, 3.05) is 5.43 Å². The lowest BCUT2D eigenvalue weighted by Crippen LogP contribution is -2.01. The summed E-state index contributed by atoms with van der Waals surface area (Å²) in [6, 6.07) is 18.4. The summed E-state index contributed by atoms with van der Waals surface area (Å²) in [7, 11) is 0. The molecule has 0 unspecified atom stereocenters. The Morgan fingerprint density at radius 2 is 1.77 bits per heavy atom. The van der Waals surface area contributed by atoms with Crippen LogP contribution >= 0.6 is 11.3 Å². The second-order valence-electron chi connectivity index (χ2n) is 5.03. The van der Waals surface area contributed by atoms with E-state index in [2.05, 4.69) is 46.7 Å². The van der Waals surface area contributed by atoms with E-state index in [1.807, 2.05) is 42.6 Å². The molecule has 0 saturated heterocycles. The standard InChI is InChI=1S/C18H17N3S/c1-13-8-6-7-11-16(13)14(2)20-21-18-19-17(12-22-18)15-9-4-3-5-10-15/h3-12H,1-2H3,(H,19,21)/b20-14-. The molecule has 0 atom stereocenters. The third-order valence-corrected chi connectivity index (χ3v) is 4.17. The van der Waals surface area contributed by atoms with E-state index in [0.717, 1.165) is 27.7 Å². The summed E-state index contributed by atoms with van der Waals surface area (Å²) in [5.41, 5.74) is 8.46. The Bertz CT molecular complexity index is 791. The molecule has 0 spiro atoms. The molecule has 3 aromatic rings. The Labute approximate surface area is 134 Å². The molecule has 1 heterocycles. The highest BCUT2D eigenvalue weighted by Crippen LogP contribution is 2.24. The minimum atomic E-state index is 0.798. The first-order valence-electron chi connectivity index (χ1n) is 7.11. The molecule has 0 amide bonds. The van der Waals surface area contributed by atoms with E-state index in [9.17, 15) is 0 Å². The monoisotopic (exact) mass is 307 g/mol. The first-order valence-corrected chi connectivity index (χ1v) is 7.99. The zero-order valence-corrected chi connectivity index (χ0v) is 13.4. The Morgan fingerprint density at radius 1 is 1.05 bits per heavy atom. The van der Waals surface area contributed by atoms with Crippen molar-refractivity contribution in [2.24, 2.45) is 5.10 Å². The fourth-order valence-corrected chi connectivity index (χ4v) is 2.90. The van der Waals surface area contributed by atoms with Crippen molar-refractivity contribution >= 4 is 22.2 Å². The molecule has 0 radical (unpaired) electrons. The van der Waals surface area contributed by atoms with Crippen molar-refractivity contribution in [1.29, 1.82) is 0 Å². The number of hydrogen-bond acceptors (Lipinski definition) is 4. The lowest BCUT2D eigenvalue weighted by molar-refractivity contribution is 1.27. The maximum Gasteiger partial charge on any atom is 0.203 e. The number of benzene rings is 2. The lowest BCUT2D eigenvalue weighted by atomic mass is 10.1. The van der Waals surface area contributed by atoms with E-state index in [4.69, 9.17) is 0 Å². The Morgan fingerprint density at radius 3 is 2.55 bits per heavy atom. The highest BCUT2D eigenvalue weighted by Gasteiger charge is 2.04. The van der Waals surface area contributed by atoms with Crippen LogP contribution < -0.4 is 5.43 Å². The molecular formula is C18H17N3S. The maximum absolute atomic E-state index is 4.57. The summed E-state index contributed by atoms with van der Waals surface area (Å²) in [6.07, 6.45) is 0. The number of thiazole rings is 1. The Balaban J connectivity index is 1.76. The van der Waals surface area contributed by atoms with Gasteiger partial charge in [-0.1, -0.05) is 54.6 Å². The van der Waals surface area contributed by atoms with Gasteiger partial charge in [-0.3, -0.25) is 5.43 Å². The van der Waals surface area contributed by atoms with Gasteiger partial charge in [0.2, 0.25) is 5.13 Å². The largest absolute Gasteiger partial charge is 0.252 e. The van der Waals surface area contributed by atoms with Crippen LogP contribution in [0.15, 0.2) is 65.1 Å². The van der Waals surface area contributed by atoms with Gasteiger partial charge in [0.25, 0.3) is 0 Å². The molecule has 22 heavy (non-hydrogen) atoms. The summed E-state index contributed by atoms with van der Waals surface area (Å²) >= 11 is 1.56. The second-order valence-corrected chi connectivity index (χ2v) is 5.89.